The molecule has 0 atom stereocenters. The summed E-state index contributed by atoms with van der Waals surface area (Å²) in [5.74, 6) is 0. The van der Waals surface area contributed by atoms with E-state index in [-0.39, 0.29) is 0 Å². The molecule has 0 spiro atoms. The molecule has 0 aromatic carbocycles. The van der Waals surface area contributed by atoms with E-state index in [1.54, 1.807) is 0 Å². The summed E-state index contributed by atoms with van der Waals surface area (Å²) < 4.78 is 0. The fraction of sp³-hybridized carbons (Fsp3) is 0.333. The molecule has 0 aromatic rings. The van der Waals surface area contributed by atoms with Gasteiger partial charge in [0.2, 0.25) is 0 Å². The molecule has 0 heteroatoms. The molecule has 9 heavy (non-hydrogen) atoms. The van der Waals surface area contributed by atoms with Gasteiger partial charge in [-0.1, -0.05) is 36.0 Å². The van der Waals surface area contributed by atoms with E-state index in [1.165, 1.54) is 5.57 Å². The van der Waals surface area contributed by atoms with Crippen molar-refractivity contribution in [3.63, 3.8) is 0 Å². The number of hydrogen-bond donors (Lipinski definition) is 0. The molecule has 0 aliphatic rings. The van der Waals surface area contributed by atoms with Crippen LogP contribution in [0.1, 0.15) is 20.8 Å². The van der Waals surface area contributed by atoms with Gasteiger partial charge in [-0.05, 0) is 20.8 Å². The van der Waals surface area contributed by atoms with E-state index in [0.717, 1.165) is 5.57 Å². The highest BCUT2D eigenvalue weighted by molar-refractivity contribution is 5.18. The predicted octanol–water partition coefficient (Wildman–Crippen LogP) is 3.08. The third-order valence-corrected chi connectivity index (χ3v) is 0.810. The maximum absolute atomic E-state index is 3.74. The third kappa shape index (κ3) is 7.22. The summed E-state index contributed by atoms with van der Waals surface area (Å²) in [6.07, 6.45) is 6.07. The zero-order valence-corrected chi connectivity index (χ0v) is 6.44. The summed E-state index contributed by atoms with van der Waals surface area (Å²) in [6, 6.07) is 0. The number of rotatable bonds is 2. The Bertz CT molecular complexity index is 143. The molecule has 0 nitrogen and oxygen atoms in total. The van der Waals surface area contributed by atoms with Crippen LogP contribution in [0.3, 0.4) is 0 Å². The second kappa shape index (κ2) is 4.13. The monoisotopic (exact) mass is 122 g/mol. The van der Waals surface area contributed by atoms with Crippen molar-refractivity contribution in [3.05, 3.63) is 36.0 Å². The molecule has 0 radical (unpaired) electrons. The fourth-order valence-electron chi connectivity index (χ4n) is 0.405. The van der Waals surface area contributed by atoms with E-state index in [2.05, 4.69) is 26.5 Å². The average Bonchev–Trinajstić information content (AvgIpc) is 1.63. The first-order valence-corrected chi connectivity index (χ1v) is 3.10. The van der Waals surface area contributed by atoms with Gasteiger partial charge >= 0.3 is 0 Å². The van der Waals surface area contributed by atoms with Crippen molar-refractivity contribution in [2.75, 3.05) is 0 Å². The van der Waals surface area contributed by atoms with Gasteiger partial charge in [0.15, 0.2) is 0 Å². The van der Waals surface area contributed by atoms with Crippen LogP contribution in [-0.2, 0) is 0 Å². The van der Waals surface area contributed by atoms with E-state index < -0.39 is 0 Å². The van der Waals surface area contributed by atoms with Crippen molar-refractivity contribution >= 4 is 0 Å². The largest absolute Gasteiger partial charge is 0.0961 e. The van der Waals surface area contributed by atoms with Gasteiger partial charge in [0.1, 0.15) is 0 Å². The minimum atomic E-state index is 1.09. The van der Waals surface area contributed by atoms with Crippen LogP contribution in [0.2, 0.25) is 0 Å². The Morgan fingerprint density at radius 3 is 2.11 bits per heavy atom. The Hall–Kier alpha value is -0.780. The summed E-state index contributed by atoms with van der Waals surface area (Å²) >= 11 is 0. The van der Waals surface area contributed by atoms with Crippen LogP contribution >= 0.6 is 0 Å². The molecule has 0 aliphatic carbocycles. The molecular formula is C9H14. The molecule has 0 heterocycles. The number of allylic oxidation sites excluding steroid dienone is 5. The standard InChI is InChI=1S/C9H14/c1-8(2)6-5-7-9(3)4/h5-7H,1H2,2-4H3/b6-5-. The Labute approximate surface area is 57.6 Å². The van der Waals surface area contributed by atoms with Gasteiger partial charge in [-0.25, -0.2) is 0 Å². The molecule has 50 valence electrons. The Balaban J connectivity index is 3.74. The van der Waals surface area contributed by atoms with Crippen LogP contribution in [-0.4, -0.2) is 0 Å². The topological polar surface area (TPSA) is 0 Å². The predicted molar refractivity (Wildman–Crippen MR) is 43.4 cm³/mol. The van der Waals surface area contributed by atoms with Crippen LogP contribution in [0.5, 0.6) is 0 Å². The van der Waals surface area contributed by atoms with Crippen LogP contribution in [0.15, 0.2) is 36.0 Å². The second-order valence-electron chi connectivity index (χ2n) is 2.45. The molecule has 0 aliphatic heterocycles. The van der Waals surface area contributed by atoms with E-state index >= 15 is 0 Å². The smallest absolute Gasteiger partial charge is 0.0404 e. The lowest BCUT2D eigenvalue weighted by atomic mass is 10.2. The molecule has 0 saturated carbocycles. The lowest BCUT2D eigenvalue weighted by Crippen LogP contribution is -1.61. The van der Waals surface area contributed by atoms with Crippen molar-refractivity contribution in [2.45, 2.75) is 20.8 Å². The SMILES string of the molecule is C=C(C)/C=C\C=C(C)C. The Morgan fingerprint density at radius 1 is 1.22 bits per heavy atom. The molecule has 0 fully saturated rings. The highest BCUT2D eigenvalue weighted by Gasteiger charge is 1.71. The van der Waals surface area contributed by atoms with Crippen molar-refractivity contribution in [1.29, 1.82) is 0 Å². The Morgan fingerprint density at radius 2 is 1.78 bits per heavy atom. The van der Waals surface area contributed by atoms with Crippen LogP contribution in [0.25, 0.3) is 0 Å². The van der Waals surface area contributed by atoms with Crippen molar-refractivity contribution in [3.8, 4) is 0 Å². The normalized spacial score (nSPS) is 9.67. The van der Waals surface area contributed by atoms with Gasteiger partial charge in [0.25, 0.3) is 0 Å². The van der Waals surface area contributed by atoms with Crippen LogP contribution < -0.4 is 0 Å². The lowest BCUT2D eigenvalue weighted by Gasteiger charge is -1.83. The summed E-state index contributed by atoms with van der Waals surface area (Å²) in [7, 11) is 0. The van der Waals surface area contributed by atoms with Gasteiger partial charge in [-0.15, -0.1) is 0 Å². The Kier molecular flexibility index (Phi) is 3.78. The molecular weight excluding hydrogens is 108 g/mol. The summed E-state index contributed by atoms with van der Waals surface area (Å²) in [6.45, 7) is 9.86. The minimum absolute atomic E-state index is 1.09. The molecule has 0 amide bonds. The van der Waals surface area contributed by atoms with Crippen LogP contribution in [0.4, 0.5) is 0 Å². The van der Waals surface area contributed by atoms with E-state index in [0.29, 0.717) is 0 Å². The maximum Gasteiger partial charge on any atom is -0.0404 e. The number of hydrogen-bond acceptors (Lipinski definition) is 0. The summed E-state index contributed by atoms with van der Waals surface area (Å²) in [5.41, 5.74) is 2.40. The first-order valence-electron chi connectivity index (χ1n) is 3.10. The van der Waals surface area contributed by atoms with E-state index in [1.807, 2.05) is 19.1 Å². The first-order chi connectivity index (χ1) is 4.13. The minimum Gasteiger partial charge on any atom is -0.0961 e. The average molecular weight is 122 g/mol. The quantitative estimate of drug-likeness (QED) is 0.494. The van der Waals surface area contributed by atoms with E-state index in [4.69, 9.17) is 0 Å². The van der Waals surface area contributed by atoms with Gasteiger partial charge in [0.05, 0.1) is 0 Å². The third-order valence-electron chi connectivity index (χ3n) is 0.810. The van der Waals surface area contributed by atoms with Crippen LogP contribution in [0, 0.1) is 0 Å². The highest BCUT2D eigenvalue weighted by atomic mass is 13.8. The zero-order chi connectivity index (χ0) is 7.28. The van der Waals surface area contributed by atoms with E-state index in [9.17, 15) is 0 Å². The molecule has 0 saturated heterocycles. The summed E-state index contributed by atoms with van der Waals surface area (Å²) in [4.78, 5) is 0. The molecule has 0 unspecified atom stereocenters. The van der Waals surface area contributed by atoms with Gasteiger partial charge in [-0.2, -0.15) is 0 Å². The molecule has 0 aromatic heterocycles. The molecule has 0 bridgehead atoms. The fourth-order valence-corrected chi connectivity index (χ4v) is 0.405. The summed E-state index contributed by atoms with van der Waals surface area (Å²) in [5, 5.41) is 0. The molecule has 0 N–H and O–H groups in total. The van der Waals surface area contributed by atoms with Crippen molar-refractivity contribution in [1.82, 2.24) is 0 Å². The van der Waals surface area contributed by atoms with Crippen molar-refractivity contribution < 1.29 is 0 Å². The highest BCUT2D eigenvalue weighted by Crippen LogP contribution is 1.92. The van der Waals surface area contributed by atoms with Gasteiger partial charge in [-0.3, -0.25) is 0 Å². The molecule has 0 rings (SSSR count). The van der Waals surface area contributed by atoms with Gasteiger partial charge in [0, 0.05) is 0 Å². The lowest BCUT2D eigenvalue weighted by molar-refractivity contribution is 1.39. The van der Waals surface area contributed by atoms with Gasteiger partial charge < -0.3 is 0 Å². The second-order valence-corrected chi connectivity index (χ2v) is 2.45. The first kappa shape index (κ1) is 8.22. The zero-order valence-electron chi connectivity index (χ0n) is 6.44. The van der Waals surface area contributed by atoms with Crippen molar-refractivity contribution in [2.24, 2.45) is 0 Å². The maximum atomic E-state index is 3.74.